The molecule has 1 amide bonds. The van der Waals surface area contributed by atoms with Crippen molar-refractivity contribution in [3.63, 3.8) is 0 Å². The summed E-state index contributed by atoms with van der Waals surface area (Å²) in [6.45, 7) is 19.9. The summed E-state index contributed by atoms with van der Waals surface area (Å²) in [5.41, 5.74) is 4.44. The van der Waals surface area contributed by atoms with Crippen LogP contribution >= 0.6 is 11.3 Å². The molecule has 0 spiro atoms. The maximum atomic E-state index is 13.3. The molecule has 2 saturated carbocycles. The fourth-order valence-corrected chi connectivity index (χ4v) is 9.34. The first-order valence-electron chi connectivity index (χ1n) is 16.3. The number of carbonyl (C=O) groups is 1. The Morgan fingerprint density at radius 2 is 1.88 bits per heavy atom. The molecule has 3 N–H and O–H groups in total. The van der Waals surface area contributed by atoms with Crippen LogP contribution in [-0.4, -0.2) is 38.5 Å². The molecule has 3 unspecified atom stereocenters. The van der Waals surface area contributed by atoms with Gasteiger partial charge in [-0.1, -0.05) is 67.0 Å². The van der Waals surface area contributed by atoms with Crippen LogP contribution in [0.15, 0.2) is 28.4 Å². The van der Waals surface area contributed by atoms with Crippen molar-refractivity contribution in [2.45, 2.75) is 125 Å². The molecule has 6 rings (SSSR count). The largest absolute Gasteiger partial charge is 0.372 e. The lowest BCUT2D eigenvalue weighted by Crippen LogP contribution is -2.39. The Kier molecular flexibility index (Phi) is 12.2. The summed E-state index contributed by atoms with van der Waals surface area (Å²) in [5.74, 6) is 1.23. The first-order chi connectivity index (χ1) is 20.0. The van der Waals surface area contributed by atoms with E-state index >= 15 is 0 Å². The second-order valence-electron chi connectivity index (χ2n) is 12.5. The van der Waals surface area contributed by atoms with Gasteiger partial charge >= 0.3 is 0 Å². The fraction of sp³-hybridized carbons (Fsp3) is 0.727. The number of rotatable bonds is 8. The van der Waals surface area contributed by atoms with Crippen LogP contribution in [0, 0.1) is 23.2 Å². The van der Waals surface area contributed by atoms with Crippen LogP contribution in [-0.2, 0) is 27.7 Å². The van der Waals surface area contributed by atoms with E-state index in [-0.39, 0.29) is 28.1 Å². The highest BCUT2D eigenvalue weighted by atomic mass is 32.2. The zero-order chi connectivity index (χ0) is 31.2. The van der Waals surface area contributed by atoms with Crippen molar-refractivity contribution in [1.82, 2.24) is 14.9 Å². The molecule has 2 fully saturated rings. The molecule has 244 valence electrons. The number of nitrogens with one attached hydrogen (secondary N) is 3. The normalized spacial score (nSPS) is 25.2. The van der Waals surface area contributed by atoms with E-state index in [0.29, 0.717) is 28.3 Å². The molecular formula is C33H62N4O3S2. The number of nitrogens with zero attached hydrogens (tertiary/aromatic N) is 1. The Morgan fingerprint density at radius 3 is 2.40 bits per heavy atom. The topological polar surface area (TPSA) is 90.5 Å². The third-order valence-electron chi connectivity index (χ3n) is 8.63. The highest BCUT2D eigenvalue weighted by Gasteiger charge is 2.51. The molecule has 4 aliphatic carbocycles. The van der Waals surface area contributed by atoms with Gasteiger partial charge in [0, 0.05) is 39.6 Å². The number of amides is 1. The maximum absolute atomic E-state index is 13.3. The van der Waals surface area contributed by atoms with Crippen LogP contribution in [0.3, 0.4) is 0 Å². The van der Waals surface area contributed by atoms with E-state index in [1.165, 1.54) is 29.9 Å². The first-order valence-corrected chi connectivity index (χ1v) is 18.6. The van der Waals surface area contributed by atoms with Gasteiger partial charge in [-0.25, -0.2) is 13.1 Å². The predicted molar refractivity (Wildman–Crippen MR) is 183 cm³/mol. The van der Waals surface area contributed by atoms with E-state index in [1.54, 1.807) is 5.57 Å². The third kappa shape index (κ3) is 8.20. The number of anilines is 1. The SMILES string of the molecule is CC.CC.CC1=CC2(C)CC2C1.CCC1=CNCN1C1CCc2sc(NC(=O)C3CC3)c(S(=O)(=O)NCC(C)C)c2C1.[HH].[HH].[HH]. The zero-order valence-electron chi connectivity index (χ0n) is 27.5. The molecule has 9 heteroatoms. The van der Waals surface area contributed by atoms with E-state index < -0.39 is 10.0 Å². The molecule has 7 nitrogen and oxygen atoms in total. The van der Waals surface area contributed by atoms with E-state index in [2.05, 4.69) is 53.3 Å². The van der Waals surface area contributed by atoms with Crippen LogP contribution in [0.1, 0.15) is 116 Å². The molecule has 1 aromatic heterocycles. The standard InChI is InChI=1S/C21H32N4O3S2.C8H12.2C2H6.3H2/c1-4-15-11-22-12-25(15)16-7-8-18-17(9-16)19(30(27,28)23-10-13(2)3)21(29-18)24-20(26)14-5-6-14;1-6-3-7-5-8(7,2)4-6;2*1-2;;;/h11,13-14,16,22-23H,4-10,12H2,1-3H3,(H,24,26);4,7H,3,5H2,1-2H3;2*1-2H3;3*1H. The lowest BCUT2D eigenvalue weighted by molar-refractivity contribution is -0.117. The number of sulfonamides is 1. The number of hydrogen-bond donors (Lipinski definition) is 3. The number of allylic oxidation sites excluding steroid dienone is 3. The molecule has 42 heavy (non-hydrogen) atoms. The average Bonchev–Trinajstić information content (AvgIpc) is 3.77. The highest BCUT2D eigenvalue weighted by Crippen LogP contribution is 2.61. The molecule has 3 atom stereocenters. The number of fused-ring (bicyclic) bond motifs is 2. The fourth-order valence-electron chi connectivity index (χ4n) is 6.16. The minimum Gasteiger partial charge on any atom is -0.372 e. The van der Waals surface area contributed by atoms with Crippen molar-refractivity contribution in [3.8, 4) is 0 Å². The van der Waals surface area contributed by atoms with Crippen LogP contribution in [0.5, 0.6) is 0 Å². The Labute approximate surface area is 264 Å². The van der Waals surface area contributed by atoms with Gasteiger partial charge in [0.1, 0.15) is 9.90 Å². The van der Waals surface area contributed by atoms with Gasteiger partial charge in [-0.15, -0.1) is 11.3 Å². The number of hydrogen-bond acceptors (Lipinski definition) is 6. The van der Waals surface area contributed by atoms with Crippen molar-refractivity contribution in [1.29, 1.82) is 0 Å². The Balaban J connectivity index is 0.00000110. The van der Waals surface area contributed by atoms with Crippen molar-refractivity contribution in [3.05, 3.63) is 34.0 Å². The van der Waals surface area contributed by atoms with Gasteiger partial charge in [0.05, 0.1) is 6.67 Å². The van der Waals surface area contributed by atoms with Gasteiger partial charge in [0.25, 0.3) is 0 Å². The molecule has 0 saturated heterocycles. The van der Waals surface area contributed by atoms with Crippen molar-refractivity contribution >= 4 is 32.3 Å². The van der Waals surface area contributed by atoms with Crippen LogP contribution < -0.4 is 15.4 Å². The van der Waals surface area contributed by atoms with Crippen LogP contribution in [0.25, 0.3) is 0 Å². The summed E-state index contributed by atoms with van der Waals surface area (Å²) in [4.78, 5) is 16.2. The summed E-state index contributed by atoms with van der Waals surface area (Å²) in [6.07, 6.45) is 12.6. The summed E-state index contributed by atoms with van der Waals surface area (Å²) < 4.78 is 29.4. The van der Waals surface area contributed by atoms with Gasteiger partial charge in [-0.3, -0.25) is 4.79 Å². The maximum Gasteiger partial charge on any atom is 0.243 e. The van der Waals surface area contributed by atoms with Crippen molar-refractivity contribution in [2.75, 3.05) is 18.5 Å². The van der Waals surface area contributed by atoms with Gasteiger partial charge in [0.2, 0.25) is 15.9 Å². The first kappa shape index (κ1) is 34.6. The Morgan fingerprint density at radius 1 is 1.19 bits per heavy atom. The molecule has 0 radical (unpaired) electrons. The van der Waals surface area contributed by atoms with Crippen molar-refractivity contribution in [2.24, 2.45) is 23.2 Å². The quantitative estimate of drug-likeness (QED) is 0.253. The van der Waals surface area contributed by atoms with Gasteiger partial charge < -0.3 is 15.5 Å². The third-order valence-corrected chi connectivity index (χ3v) is 11.5. The van der Waals surface area contributed by atoms with Gasteiger partial charge in [0.15, 0.2) is 0 Å². The van der Waals surface area contributed by atoms with Crippen molar-refractivity contribution < 1.29 is 17.5 Å². The molecule has 0 bridgehead atoms. The Hall–Kier alpha value is -1.84. The number of aryl methyl sites for hydroxylation is 1. The molecular weight excluding hydrogens is 565 g/mol. The number of carbonyl (C=O) groups excluding carboxylic acids is 1. The van der Waals surface area contributed by atoms with Crippen LogP contribution in [0.2, 0.25) is 0 Å². The van der Waals surface area contributed by atoms with E-state index in [4.69, 9.17) is 0 Å². The van der Waals surface area contributed by atoms with E-state index in [0.717, 1.165) is 55.1 Å². The molecule has 0 aromatic carbocycles. The molecule has 2 heterocycles. The monoisotopic (exact) mass is 626 g/mol. The molecule has 1 aromatic rings. The lowest BCUT2D eigenvalue weighted by Gasteiger charge is -2.34. The van der Waals surface area contributed by atoms with E-state index in [9.17, 15) is 13.2 Å². The smallest absolute Gasteiger partial charge is 0.243 e. The van der Waals surface area contributed by atoms with Gasteiger partial charge in [-0.2, -0.15) is 0 Å². The molecule has 5 aliphatic rings. The van der Waals surface area contributed by atoms with Crippen LogP contribution in [0.4, 0.5) is 5.00 Å². The highest BCUT2D eigenvalue weighted by molar-refractivity contribution is 7.90. The summed E-state index contributed by atoms with van der Waals surface area (Å²) in [5, 5.41) is 6.75. The average molecular weight is 627 g/mol. The Bertz CT molecular complexity index is 1260. The number of thiophene rings is 1. The summed E-state index contributed by atoms with van der Waals surface area (Å²) in [7, 11) is -3.70. The minimum absolute atomic E-state index is 0. The summed E-state index contributed by atoms with van der Waals surface area (Å²) in [6, 6.07) is 0.263. The lowest BCUT2D eigenvalue weighted by atomic mass is 9.93. The van der Waals surface area contributed by atoms with Gasteiger partial charge in [-0.05, 0) is 81.1 Å². The minimum atomic E-state index is -3.70. The summed E-state index contributed by atoms with van der Waals surface area (Å²) >= 11 is 1.45. The zero-order valence-corrected chi connectivity index (χ0v) is 29.2. The second kappa shape index (κ2) is 14.8. The van der Waals surface area contributed by atoms with E-state index in [1.807, 2.05) is 41.5 Å². The second-order valence-corrected chi connectivity index (χ2v) is 15.3. The predicted octanol–water partition coefficient (Wildman–Crippen LogP) is 8.16. The molecule has 1 aliphatic heterocycles.